The van der Waals surface area contributed by atoms with Crippen molar-refractivity contribution in [2.45, 2.75) is 334 Å². The van der Waals surface area contributed by atoms with Crippen LogP contribution in [0.2, 0.25) is 0 Å². The van der Waals surface area contributed by atoms with E-state index in [1.165, 1.54) is 161 Å². The Bertz CT molecular complexity index is 2240. The zero-order valence-corrected chi connectivity index (χ0v) is 64.3. The summed E-state index contributed by atoms with van der Waals surface area (Å²) in [5, 5.41) is 11.9. The largest absolute Gasteiger partial charge is 0.545 e. The number of carbonyl (C=O) groups excluding carboxylic acids is 3. The first-order valence-corrected chi connectivity index (χ1v) is 40.3. The van der Waals surface area contributed by atoms with Crippen molar-refractivity contribution in [3.05, 3.63) is 170 Å². The summed E-state index contributed by atoms with van der Waals surface area (Å²) in [7, 11) is 5.93. The van der Waals surface area contributed by atoms with E-state index in [1.54, 1.807) is 0 Å². The van der Waals surface area contributed by atoms with Crippen LogP contribution in [-0.4, -0.2) is 82.3 Å². The maximum Gasteiger partial charge on any atom is 0.306 e. The van der Waals surface area contributed by atoms with Crippen LogP contribution in [0.5, 0.6) is 0 Å². The van der Waals surface area contributed by atoms with E-state index in [-0.39, 0.29) is 38.6 Å². The van der Waals surface area contributed by atoms with E-state index in [0.717, 1.165) is 128 Å². The molecule has 9 heteroatoms. The number of carboxylic acids is 1. The second-order valence-corrected chi connectivity index (χ2v) is 27.6. The lowest BCUT2D eigenvalue weighted by molar-refractivity contribution is -0.870. The number of carbonyl (C=O) groups is 3. The molecule has 0 amide bonds. The van der Waals surface area contributed by atoms with E-state index in [2.05, 4.69) is 184 Å². The summed E-state index contributed by atoms with van der Waals surface area (Å²) < 4.78 is 22.8. The van der Waals surface area contributed by atoms with Gasteiger partial charge in [-0.3, -0.25) is 9.59 Å². The molecule has 0 heterocycles. The Morgan fingerprint density at radius 2 is 0.576 bits per heavy atom. The van der Waals surface area contributed by atoms with Crippen LogP contribution in [0.1, 0.15) is 322 Å². The molecule has 0 aliphatic rings. The molecule has 0 radical (unpaired) electrons. The number of likely N-dealkylation sites (N-methyl/N-ethyl adjacent to an activating group) is 1. The number of allylic oxidation sites excluding steroid dienone is 28. The molecule has 0 N–H and O–H groups in total. The summed E-state index contributed by atoms with van der Waals surface area (Å²) in [6.07, 6.45) is 115. The Balaban J connectivity index is 4.13. The van der Waals surface area contributed by atoms with Gasteiger partial charge in [0.2, 0.25) is 0 Å². The summed E-state index contributed by atoms with van der Waals surface area (Å²) >= 11 is 0. The van der Waals surface area contributed by atoms with Gasteiger partial charge in [-0.2, -0.15) is 0 Å². The number of nitrogens with zero attached hydrogens (tertiary/aromatic N) is 1. The van der Waals surface area contributed by atoms with Crippen LogP contribution in [0.3, 0.4) is 0 Å². The number of carboxylic acid groups (broad SMARTS) is 1. The number of hydrogen-bond donors (Lipinski definition) is 0. The summed E-state index contributed by atoms with van der Waals surface area (Å²) in [5.74, 6) is -2.30. The summed E-state index contributed by atoms with van der Waals surface area (Å²) in [6.45, 7) is 4.62. The van der Waals surface area contributed by atoms with Gasteiger partial charge >= 0.3 is 11.9 Å². The second-order valence-electron chi connectivity index (χ2n) is 27.6. The van der Waals surface area contributed by atoms with Crippen molar-refractivity contribution in [1.82, 2.24) is 0 Å². The number of unbranched alkanes of at least 4 members (excludes halogenated alkanes) is 30. The number of rotatable bonds is 73. The highest BCUT2D eigenvalue weighted by molar-refractivity contribution is 5.70. The highest BCUT2D eigenvalue weighted by Gasteiger charge is 2.22. The average molecular weight is 1370 g/mol. The van der Waals surface area contributed by atoms with Crippen LogP contribution in [0, 0.1) is 0 Å². The van der Waals surface area contributed by atoms with Gasteiger partial charge < -0.3 is 33.3 Å². The van der Waals surface area contributed by atoms with E-state index >= 15 is 0 Å². The molecular weight excluding hydrogens is 1220 g/mol. The highest BCUT2D eigenvalue weighted by Crippen LogP contribution is 2.17. The van der Waals surface area contributed by atoms with E-state index in [0.29, 0.717) is 17.4 Å². The molecule has 2 unspecified atom stereocenters. The van der Waals surface area contributed by atoms with Crippen molar-refractivity contribution in [2.24, 2.45) is 0 Å². The monoisotopic (exact) mass is 1370 g/mol. The number of ether oxygens (including phenoxy) is 4. The maximum absolute atomic E-state index is 13.0. The van der Waals surface area contributed by atoms with Gasteiger partial charge in [0.05, 0.1) is 40.3 Å². The lowest BCUT2D eigenvalue weighted by Crippen LogP contribution is -2.44. The Morgan fingerprint density at radius 1 is 0.313 bits per heavy atom. The van der Waals surface area contributed by atoms with Gasteiger partial charge in [0.15, 0.2) is 12.4 Å². The summed E-state index contributed by atoms with van der Waals surface area (Å²) in [5.41, 5.74) is 0. The molecule has 0 saturated carbocycles. The molecule has 0 aromatic carbocycles. The lowest BCUT2D eigenvalue weighted by Gasteiger charge is -2.26. The van der Waals surface area contributed by atoms with E-state index in [1.807, 2.05) is 21.1 Å². The molecule has 0 aromatic heterocycles. The van der Waals surface area contributed by atoms with Gasteiger partial charge in [-0.05, 0) is 135 Å². The van der Waals surface area contributed by atoms with Gasteiger partial charge in [0, 0.05) is 12.8 Å². The molecule has 0 spiro atoms. The Hall–Kier alpha value is -5.35. The molecule has 99 heavy (non-hydrogen) atoms. The lowest BCUT2D eigenvalue weighted by atomic mass is 10.0. The van der Waals surface area contributed by atoms with Crippen LogP contribution in [-0.2, 0) is 33.3 Å². The maximum atomic E-state index is 13.0. The summed E-state index contributed by atoms with van der Waals surface area (Å²) in [4.78, 5) is 37.6. The summed E-state index contributed by atoms with van der Waals surface area (Å²) in [6, 6.07) is 0. The highest BCUT2D eigenvalue weighted by atomic mass is 16.7. The normalized spacial score (nSPS) is 13.6. The first-order chi connectivity index (χ1) is 48.6. The molecule has 562 valence electrons. The molecule has 0 saturated heterocycles. The van der Waals surface area contributed by atoms with Gasteiger partial charge in [-0.15, -0.1) is 0 Å². The molecule has 0 rings (SSSR count). The van der Waals surface area contributed by atoms with Gasteiger partial charge in [0.1, 0.15) is 13.2 Å². The molecule has 0 bridgehead atoms. The number of esters is 2. The number of hydrogen-bond acceptors (Lipinski definition) is 8. The van der Waals surface area contributed by atoms with Crippen molar-refractivity contribution < 1.29 is 42.9 Å². The van der Waals surface area contributed by atoms with Crippen molar-refractivity contribution >= 4 is 17.9 Å². The van der Waals surface area contributed by atoms with Crippen molar-refractivity contribution in [3.63, 3.8) is 0 Å². The number of aliphatic carboxylic acids is 1. The fourth-order valence-electron chi connectivity index (χ4n) is 10.8. The van der Waals surface area contributed by atoms with Crippen LogP contribution < -0.4 is 5.11 Å². The second kappa shape index (κ2) is 78.4. The minimum absolute atomic E-state index is 0.138. The third-order valence-electron chi connectivity index (χ3n) is 16.9. The molecule has 0 aliphatic carbocycles. The Kier molecular flexibility index (Phi) is 74.1. The third kappa shape index (κ3) is 79.8. The van der Waals surface area contributed by atoms with Crippen molar-refractivity contribution in [2.75, 3.05) is 47.5 Å². The topological polar surface area (TPSA) is 111 Å². The minimum Gasteiger partial charge on any atom is -0.545 e. The predicted octanol–water partition coefficient (Wildman–Crippen LogP) is 24.8. The number of quaternary nitrogens is 1. The van der Waals surface area contributed by atoms with Gasteiger partial charge in [-0.1, -0.05) is 344 Å². The molecule has 0 fully saturated rings. The van der Waals surface area contributed by atoms with Gasteiger partial charge in [0.25, 0.3) is 0 Å². The Morgan fingerprint density at radius 3 is 0.859 bits per heavy atom. The fraction of sp³-hybridized carbons (Fsp3) is 0.656. The fourth-order valence-corrected chi connectivity index (χ4v) is 10.8. The predicted molar refractivity (Wildman–Crippen MR) is 425 cm³/mol. The molecule has 0 aliphatic heterocycles. The molecular formula is C90H149NO8. The molecule has 0 aromatic rings. The van der Waals surface area contributed by atoms with Crippen LogP contribution in [0.25, 0.3) is 0 Å². The first-order valence-electron chi connectivity index (χ1n) is 40.3. The van der Waals surface area contributed by atoms with Crippen LogP contribution >= 0.6 is 0 Å². The third-order valence-corrected chi connectivity index (χ3v) is 16.9. The van der Waals surface area contributed by atoms with E-state index < -0.39 is 24.3 Å². The van der Waals surface area contributed by atoms with Gasteiger partial charge in [-0.25, -0.2) is 0 Å². The molecule has 2 atom stereocenters. The first kappa shape index (κ1) is 93.6. The quantitative estimate of drug-likeness (QED) is 0.0195. The SMILES string of the molecule is CC/C=C\C/C=C\C/C=C\C/C=C\C/C=C\C/C=C\C/C=C\C/C=C\C/C=C\C/C=C\C/C=C\CCCCCCCCCC(=O)OC(COC(=O)CCCCCCCCCCCCCCCCCCCC/C=C\C/C=C\C/C=C\CCCCCCC)COC(OCC[N+](C)(C)C)C(=O)[O-]. The zero-order valence-electron chi connectivity index (χ0n) is 64.3. The standard InChI is InChI=1S/C90H149NO8/c1-6-8-10-12-14-16-18-20-22-24-26-28-30-32-34-36-38-40-41-42-43-44-45-46-47-49-51-53-55-57-59-61-63-65-67-69-71-73-75-77-79-81-88(93)99-86(85-98-90(89(94)95)96-83-82-91(3,4)5)84-97-87(92)80-78-76-74-72-70-68-66-64-62-60-58-56-54-52-50-48-39-37-35-33-31-29-27-25-23-21-19-17-15-13-11-9-7-2/h8,10,14,16,19-22,25-28,31-34,38,40,42-43,45-46,49,51,55,57,61,63,86,90H,6-7,9,11-13,15,17-18,23-24,29-30,35-37,39,41,44,47-48,50,52-54,56,58-60,62,64-85H2,1-5H3/b10-8-,16-14-,21-19-,22-20-,27-25-,28-26-,33-31-,34-32-,40-38-,43-42-,46-45-,51-49-,57-55-,63-61-. The molecule has 9 nitrogen and oxygen atoms in total. The van der Waals surface area contributed by atoms with Crippen molar-refractivity contribution in [1.29, 1.82) is 0 Å². The average Bonchev–Trinajstić information content (AvgIpc) is 2.62. The van der Waals surface area contributed by atoms with E-state index in [9.17, 15) is 19.5 Å². The van der Waals surface area contributed by atoms with E-state index in [4.69, 9.17) is 18.9 Å². The zero-order chi connectivity index (χ0) is 71.8. The minimum atomic E-state index is -1.64. The van der Waals surface area contributed by atoms with Crippen LogP contribution in [0.15, 0.2) is 170 Å². The van der Waals surface area contributed by atoms with Crippen LogP contribution in [0.4, 0.5) is 0 Å². The smallest absolute Gasteiger partial charge is 0.306 e. The van der Waals surface area contributed by atoms with Crippen molar-refractivity contribution in [3.8, 4) is 0 Å². The Labute approximate surface area is 609 Å².